The molecule has 14 heavy (non-hydrogen) atoms. The van der Waals surface area contributed by atoms with Gasteiger partial charge in [0.1, 0.15) is 0 Å². The minimum Gasteiger partial charge on any atom is -0.326 e. The number of nitrogens with two attached hydrogens (primary N) is 1. The summed E-state index contributed by atoms with van der Waals surface area (Å²) in [5.74, 6) is 0. The number of halogens is 1. The van der Waals surface area contributed by atoms with Gasteiger partial charge in [-0.2, -0.15) is 11.3 Å². The van der Waals surface area contributed by atoms with Gasteiger partial charge in [-0.15, -0.1) is 0 Å². The van der Waals surface area contributed by atoms with Crippen LogP contribution < -0.4 is 5.73 Å². The van der Waals surface area contributed by atoms with E-state index < -0.39 is 0 Å². The summed E-state index contributed by atoms with van der Waals surface area (Å²) in [6, 6.07) is 8.30. The van der Waals surface area contributed by atoms with Gasteiger partial charge in [0.25, 0.3) is 0 Å². The van der Waals surface area contributed by atoms with Gasteiger partial charge < -0.3 is 5.73 Å². The average molecular weight is 268 g/mol. The number of benzene rings is 1. The van der Waals surface area contributed by atoms with Gasteiger partial charge in [0.15, 0.2) is 0 Å². The van der Waals surface area contributed by atoms with E-state index in [1.165, 1.54) is 16.7 Å². The summed E-state index contributed by atoms with van der Waals surface area (Å²) in [5.41, 5.74) is 9.37. The first kappa shape index (κ1) is 9.90. The fourth-order valence-corrected chi connectivity index (χ4v) is 2.51. The van der Waals surface area contributed by atoms with E-state index in [1.807, 2.05) is 12.1 Å². The lowest BCUT2D eigenvalue weighted by molar-refractivity contribution is 1.08. The fourth-order valence-electron chi connectivity index (χ4n) is 1.36. The lowest BCUT2D eigenvalue weighted by Crippen LogP contribution is -1.95. The Morgan fingerprint density at radius 1 is 1.14 bits per heavy atom. The second-order valence-corrected chi connectivity index (χ2v) is 4.68. The summed E-state index contributed by atoms with van der Waals surface area (Å²) >= 11 is 5.12. The first-order valence-electron chi connectivity index (χ1n) is 4.32. The molecule has 0 atom stereocenters. The van der Waals surface area contributed by atoms with Crippen LogP contribution in [0.25, 0.3) is 11.1 Å². The van der Waals surface area contributed by atoms with Crippen molar-refractivity contribution >= 4 is 27.3 Å². The molecule has 1 aromatic carbocycles. The summed E-state index contributed by atoms with van der Waals surface area (Å²) in [7, 11) is 0. The molecular weight excluding hydrogens is 258 g/mol. The predicted octanol–water partition coefficient (Wildman–Crippen LogP) is 3.64. The van der Waals surface area contributed by atoms with Gasteiger partial charge in [-0.05, 0) is 39.6 Å². The molecule has 2 rings (SSSR count). The highest BCUT2D eigenvalue weighted by atomic mass is 79.9. The van der Waals surface area contributed by atoms with Gasteiger partial charge in [0.05, 0.1) is 0 Å². The third kappa shape index (κ3) is 1.90. The third-order valence-corrected chi connectivity index (χ3v) is 3.44. The highest BCUT2D eigenvalue weighted by Crippen LogP contribution is 2.28. The molecule has 0 amide bonds. The van der Waals surface area contributed by atoms with Gasteiger partial charge in [-0.25, -0.2) is 0 Å². The van der Waals surface area contributed by atoms with Crippen LogP contribution in [-0.2, 0) is 6.54 Å². The molecule has 3 heteroatoms. The molecule has 0 aliphatic carbocycles. The Morgan fingerprint density at radius 2 is 1.86 bits per heavy atom. The molecular formula is C11H10BrNS. The average Bonchev–Trinajstić information content (AvgIpc) is 2.67. The predicted molar refractivity (Wildman–Crippen MR) is 65.3 cm³/mol. The van der Waals surface area contributed by atoms with E-state index in [2.05, 4.69) is 38.8 Å². The minimum atomic E-state index is 0.606. The maximum atomic E-state index is 5.66. The third-order valence-electron chi connectivity index (χ3n) is 2.12. The summed E-state index contributed by atoms with van der Waals surface area (Å²) < 4.78 is 1.10. The van der Waals surface area contributed by atoms with E-state index in [-0.39, 0.29) is 0 Å². The first-order chi connectivity index (χ1) is 6.81. The lowest BCUT2D eigenvalue weighted by Gasteiger charge is -2.01. The van der Waals surface area contributed by atoms with Crippen molar-refractivity contribution in [1.29, 1.82) is 0 Å². The highest BCUT2D eigenvalue weighted by Gasteiger charge is 2.04. The van der Waals surface area contributed by atoms with Crippen molar-refractivity contribution < 1.29 is 0 Å². The molecule has 2 N–H and O–H groups in total. The van der Waals surface area contributed by atoms with Crippen molar-refractivity contribution in [2.45, 2.75) is 6.54 Å². The summed E-state index contributed by atoms with van der Waals surface area (Å²) in [5, 5.41) is 4.25. The van der Waals surface area contributed by atoms with E-state index in [0.29, 0.717) is 6.54 Å². The monoisotopic (exact) mass is 267 g/mol. The number of hydrogen-bond acceptors (Lipinski definition) is 2. The molecule has 1 nitrogen and oxygen atoms in total. The zero-order valence-corrected chi connectivity index (χ0v) is 9.94. The van der Waals surface area contributed by atoms with Crippen LogP contribution in [0, 0.1) is 0 Å². The van der Waals surface area contributed by atoms with Crippen LogP contribution >= 0.6 is 27.3 Å². The van der Waals surface area contributed by atoms with Crippen LogP contribution in [0.5, 0.6) is 0 Å². The number of rotatable bonds is 2. The Kier molecular flexibility index (Phi) is 3.01. The Labute approximate surface area is 95.7 Å². The SMILES string of the molecule is NCc1cscc1-c1ccc(Br)cc1. The van der Waals surface area contributed by atoms with Crippen molar-refractivity contribution in [1.82, 2.24) is 0 Å². The van der Waals surface area contributed by atoms with Crippen LogP contribution in [0.4, 0.5) is 0 Å². The van der Waals surface area contributed by atoms with Crippen LogP contribution in [0.15, 0.2) is 39.5 Å². The van der Waals surface area contributed by atoms with Crippen LogP contribution in [-0.4, -0.2) is 0 Å². The summed E-state index contributed by atoms with van der Waals surface area (Å²) in [4.78, 5) is 0. The molecule has 0 aliphatic rings. The van der Waals surface area contributed by atoms with Gasteiger partial charge in [0.2, 0.25) is 0 Å². The standard InChI is InChI=1S/C11H10BrNS/c12-10-3-1-8(2-4-10)11-7-14-6-9(11)5-13/h1-4,6-7H,5,13H2. The van der Waals surface area contributed by atoms with Crippen molar-refractivity contribution in [2.24, 2.45) is 5.73 Å². The topological polar surface area (TPSA) is 26.0 Å². The zero-order valence-electron chi connectivity index (χ0n) is 7.53. The van der Waals surface area contributed by atoms with Crippen LogP contribution in [0.2, 0.25) is 0 Å². The van der Waals surface area contributed by atoms with E-state index >= 15 is 0 Å². The Balaban J connectivity index is 2.44. The minimum absolute atomic E-state index is 0.606. The molecule has 0 bridgehead atoms. The van der Waals surface area contributed by atoms with Gasteiger partial charge in [0, 0.05) is 11.0 Å². The molecule has 0 saturated heterocycles. The van der Waals surface area contributed by atoms with E-state index in [4.69, 9.17) is 5.73 Å². The van der Waals surface area contributed by atoms with E-state index in [0.717, 1.165) is 4.47 Å². The van der Waals surface area contributed by atoms with Crippen LogP contribution in [0.1, 0.15) is 5.56 Å². The van der Waals surface area contributed by atoms with Crippen molar-refractivity contribution in [2.75, 3.05) is 0 Å². The Morgan fingerprint density at radius 3 is 2.50 bits per heavy atom. The zero-order chi connectivity index (χ0) is 9.97. The van der Waals surface area contributed by atoms with Crippen LogP contribution in [0.3, 0.4) is 0 Å². The molecule has 0 aliphatic heterocycles. The molecule has 0 radical (unpaired) electrons. The maximum absolute atomic E-state index is 5.66. The lowest BCUT2D eigenvalue weighted by atomic mass is 10.1. The molecule has 72 valence electrons. The smallest absolute Gasteiger partial charge is 0.0192 e. The summed E-state index contributed by atoms with van der Waals surface area (Å²) in [6.07, 6.45) is 0. The van der Waals surface area contributed by atoms with Crippen molar-refractivity contribution in [3.8, 4) is 11.1 Å². The van der Waals surface area contributed by atoms with E-state index in [1.54, 1.807) is 11.3 Å². The van der Waals surface area contributed by atoms with Crippen molar-refractivity contribution in [3.05, 3.63) is 45.1 Å². The molecule has 1 aromatic heterocycles. The molecule has 0 unspecified atom stereocenters. The Hall–Kier alpha value is -0.640. The molecule has 0 fully saturated rings. The second kappa shape index (κ2) is 4.26. The molecule has 1 heterocycles. The maximum Gasteiger partial charge on any atom is 0.0192 e. The molecule has 2 aromatic rings. The van der Waals surface area contributed by atoms with Gasteiger partial charge in [-0.3, -0.25) is 0 Å². The normalized spacial score (nSPS) is 10.4. The van der Waals surface area contributed by atoms with Gasteiger partial charge in [-0.1, -0.05) is 28.1 Å². The van der Waals surface area contributed by atoms with E-state index in [9.17, 15) is 0 Å². The number of hydrogen-bond donors (Lipinski definition) is 1. The summed E-state index contributed by atoms with van der Waals surface area (Å²) in [6.45, 7) is 0.606. The largest absolute Gasteiger partial charge is 0.326 e. The first-order valence-corrected chi connectivity index (χ1v) is 6.06. The second-order valence-electron chi connectivity index (χ2n) is 3.02. The Bertz CT molecular complexity index is 419. The molecule has 0 spiro atoms. The van der Waals surface area contributed by atoms with Crippen molar-refractivity contribution in [3.63, 3.8) is 0 Å². The molecule has 0 saturated carbocycles. The van der Waals surface area contributed by atoms with Gasteiger partial charge >= 0.3 is 0 Å². The fraction of sp³-hybridized carbons (Fsp3) is 0.0909. The highest BCUT2D eigenvalue weighted by molar-refractivity contribution is 9.10. The quantitative estimate of drug-likeness (QED) is 0.884. The number of thiophene rings is 1.